The van der Waals surface area contributed by atoms with Crippen LogP contribution in [0, 0.1) is 0 Å². The Morgan fingerprint density at radius 1 is 1.60 bits per heavy atom. The fourth-order valence-electron chi connectivity index (χ4n) is 1.67. The van der Waals surface area contributed by atoms with Gasteiger partial charge in [0.2, 0.25) is 5.91 Å². The highest BCUT2D eigenvalue weighted by Crippen LogP contribution is 2.17. The first-order chi connectivity index (χ1) is 7.07. The summed E-state index contributed by atoms with van der Waals surface area (Å²) in [6.07, 6.45) is 2.15. The molecule has 0 saturated carbocycles. The second kappa shape index (κ2) is 5.47. The topological polar surface area (TPSA) is 41.6 Å². The second-order valence-corrected chi connectivity index (χ2v) is 4.48. The summed E-state index contributed by atoms with van der Waals surface area (Å²) in [5, 5.41) is 3.30. The summed E-state index contributed by atoms with van der Waals surface area (Å²) in [6, 6.07) is 0. The van der Waals surface area contributed by atoms with Crippen LogP contribution in [0.15, 0.2) is 0 Å². The van der Waals surface area contributed by atoms with Gasteiger partial charge in [0, 0.05) is 25.7 Å². The highest BCUT2D eigenvalue weighted by Gasteiger charge is 2.27. The normalized spacial score (nSPS) is 26.3. The number of rotatable bonds is 4. The third-order valence-electron chi connectivity index (χ3n) is 3.00. The first-order valence-corrected chi connectivity index (χ1v) is 5.64. The van der Waals surface area contributed by atoms with E-state index in [0.717, 1.165) is 26.0 Å². The number of carbonyl (C=O) groups excluding carboxylic acids is 1. The molecule has 0 bridgehead atoms. The lowest BCUT2D eigenvalue weighted by Gasteiger charge is -2.34. The number of ether oxygens (including phenoxy) is 1. The summed E-state index contributed by atoms with van der Waals surface area (Å²) in [5.74, 6) is 0.143. The first kappa shape index (κ1) is 12.5. The van der Waals surface area contributed by atoms with Crippen molar-refractivity contribution in [2.45, 2.75) is 32.2 Å². The van der Waals surface area contributed by atoms with Crippen molar-refractivity contribution in [2.75, 3.05) is 33.4 Å². The van der Waals surface area contributed by atoms with Crippen LogP contribution in [-0.4, -0.2) is 49.7 Å². The van der Waals surface area contributed by atoms with Crippen LogP contribution in [0.4, 0.5) is 0 Å². The highest BCUT2D eigenvalue weighted by molar-refractivity contribution is 5.78. The molecule has 0 radical (unpaired) electrons. The van der Waals surface area contributed by atoms with Crippen LogP contribution in [0.25, 0.3) is 0 Å². The van der Waals surface area contributed by atoms with E-state index < -0.39 is 0 Å². The molecule has 1 atom stereocenters. The highest BCUT2D eigenvalue weighted by atomic mass is 16.5. The zero-order valence-electron chi connectivity index (χ0n) is 10.0. The maximum absolute atomic E-state index is 11.6. The number of hydrogen-bond acceptors (Lipinski definition) is 3. The maximum atomic E-state index is 11.6. The third kappa shape index (κ3) is 3.80. The van der Waals surface area contributed by atoms with Crippen LogP contribution in [0.1, 0.15) is 26.7 Å². The van der Waals surface area contributed by atoms with Crippen LogP contribution in [0.3, 0.4) is 0 Å². The number of nitrogens with zero attached hydrogens (tertiary/aromatic N) is 1. The Bertz CT molecular complexity index is 213. The lowest BCUT2D eigenvalue weighted by molar-refractivity contribution is -0.129. The summed E-state index contributed by atoms with van der Waals surface area (Å²) in [4.78, 5) is 13.3. The zero-order valence-corrected chi connectivity index (χ0v) is 10.0. The van der Waals surface area contributed by atoms with Crippen molar-refractivity contribution >= 4 is 5.91 Å². The molecule has 0 aliphatic carbocycles. The van der Waals surface area contributed by atoms with E-state index in [-0.39, 0.29) is 11.4 Å². The lowest BCUT2D eigenvalue weighted by atomic mass is 9.95. The molecule has 1 rings (SSSR count). The van der Waals surface area contributed by atoms with Crippen LogP contribution in [0.5, 0.6) is 0 Å². The Kier molecular flexibility index (Phi) is 4.54. The minimum Gasteiger partial charge on any atom is -0.380 e. The SMILES string of the molecule is CCN(C)C(=O)CNC1(C)CCCOC1. The summed E-state index contributed by atoms with van der Waals surface area (Å²) in [7, 11) is 1.82. The van der Waals surface area contributed by atoms with Crippen LogP contribution in [-0.2, 0) is 9.53 Å². The Morgan fingerprint density at radius 2 is 2.33 bits per heavy atom. The molecule has 1 saturated heterocycles. The van der Waals surface area contributed by atoms with Gasteiger partial charge >= 0.3 is 0 Å². The van der Waals surface area contributed by atoms with Gasteiger partial charge in [-0.3, -0.25) is 4.79 Å². The van der Waals surface area contributed by atoms with Gasteiger partial charge in [-0.2, -0.15) is 0 Å². The molecule has 4 nitrogen and oxygen atoms in total. The van der Waals surface area contributed by atoms with Gasteiger partial charge in [0.25, 0.3) is 0 Å². The van der Waals surface area contributed by atoms with E-state index in [1.165, 1.54) is 0 Å². The average molecular weight is 214 g/mol. The Hall–Kier alpha value is -0.610. The lowest BCUT2D eigenvalue weighted by Crippen LogP contribution is -2.52. The van der Waals surface area contributed by atoms with E-state index in [1.807, 2.05) is 14.0 Å². The molecule has 0 spiro atoms. The fraction of sp³-hybridized carbons (Fsp3) is 0.909. The van der Waals surface area contributed by atoms with Gasteiger partial charge < -0.3 is 15.0 Å². The predicted molar refractivity (Wildman–Crippen MR) is 59.8 cm³/mol. The average Bonchev–Trinajstić information content (AvgIpc) is 2.26. The van der Waals surface area contributed by atoms with Crippen molar-refractivity contribution in [3.63, 3.8) is 0 Å². The molecule has 1 heterocycles. The van der Waals surface area contributed by atoms with Crippen molar-refractivity contribution < 1.29 is 9.53 Å². The van der Waals surface area contributed by atoms with Crippen LogP contribution >= 0.6 is 0 Å². The smallest absolute Gasteiger partial charge is 0.236 e. The maximum Gasteiger partial charge on any atom is 0.236 e. The summed E-state index contributed by atoms with van der Waals surface area (Å²) in [5.41, 5.74) is -0.0253. The molecule has 1 N–H and O–H groups in total. The van der Waals surface area contributed by atoms with Crippen molar-refractivity contribution in [3.05, 3.63) is 0 Å². The molecule has 0 aromatic carbocycles. The molecule has 4 heteroatoms. The Balaban J connectivity index is 2.31. The standard InChI is InChI=1S/C11H22N2O2/c1-4-13(3)10(14)8-12-11(2)6-5-7-15-9-11/h12H,4-9H2,1-3H3. The number of carbonyl (C=O) groups is 1. The number of hydrogen-bond donors (Lipinski definition) is 1. The molecule has 1 unspecified atom stereocenters. The van der Waals surface area contributed by atoms with Gasteiger partial charge in [0.15, 0.2) is 0 Å². The minimum absolute atomic E-state index is 0.0253. The van der Waals surface area contributed by atoms with Gasteiger partial charge in [0.1, 0.15) is 0 Å². The molecule has 1 aliphatic heterocycles. The van der Waals surface area contributed by atoms with Gasteiger partial charge in [-0.1, -0.05) is 0 Å². The Morgan fingerprint density at radius 3 is 2.87 bits per heavy atom. The molecule has 0 aromatic heterocycles. The van der Waals surface area contributed by atoms with E-state index in [2.05, 4.69) is 12.2 Å². The fourth-order valence-corrected chi connectivity index (χ4v) is 1.67. The minimum atomic E-state index is -0.0253. The first-order valence-electron chi connectivity index (χ1n) is 5.64. The quantitative estimate of drug-likeness (QED) is 0.746. The third-order valence-corrected chi connectivity index (χ3v) is 3.00. The Labute approximate surface area is 92.0 Å². The van der Waals surface area contributed by atoms with E-state index in [9.17, 15) is 4.79 Å². The molecule has 1 fully saturated rings. The van der Waals surface area contributed by atoms with Crippen molar-refractivity contribution in [1.29, 1.82) is 0 Å². The molecular weight excluding hydrogens is 192 g/mol. The van der Waals surface area contributed by atoms with E-state index in [1.54, 1.807) is 4.90 Å². The summed E-state index contributed by atoms with van der Waals surface area (Å²) >= 11 is 0. The molecule has 1 amide bonds. The van der Waals surface area contributed by atoms with Gasteiger partial charge in [-0.15, -0.1) is 0 Å². The van der Waals surface area contributed by atoms with E-state index in [4.69, 9.17) is 4.74 Å². The van der Waals surface area contributed by atoms with E-state index in [0.29, 0.717) is 13.2 Å². The molecule has 88 valence electrons. The molecule has 1 aliphatic rings. The molecule has 15 heavy (non-hydrogen) atoms. The number of amides is 1. The monoisotopic (exact) mass is 214 g/mol. The van der Waals surface area contributed by atoms with Gasteiger partial charge in [-0.05, 0) is 26.7 Å². The van der Waals surface area contributed by atoms with Gasteiger partial charge in [0.05, 0.1) is 13.2 Å². The summed E-state index contributed by atoms with van der Waals surface area (Å²) in [6.45, 7) is 6.81. The zero-order chi connectivity index (χ0) is 11.3. The van der Waals surface area contributed by atoms with Crippen LogP contribution in [0.2, 0.25) is 0 Å². The summed E-state index contributed by atoms with van der Waals surface area (Å²) < 4.78 is 5.42. The predicted octanol–water partition coefficient (Wildman–Crippen LogP) is 0.623. The van der Waals surface area contributed by atoms with Gasteiger partial charge in [-0.25, -0.2) is 0 Å². The van der Waals surface area contributed by atoms with Crippen molar-refractivity contribution in [1.82, 2.24) is 10.2 Å². The van der Waals surface area contributed by atoms with E-state index >= 15 is 0 Å². The largest absolute Gasteiger partial charge is 0.380 e. The van der Waals surface area contributed by atoms with Crippen molar-refractivity contribution in [3.8, 4) is 0 Å². The molecule has 0 aromatic rings. The van der Waals surface area contributed by atoms with Crippen LogP contribution < -0.4 is 5.32 Å². The number of likely N-dealkylation sites (N-methyl/N-ethyl adjacent to an activating group) is 1. The second-order valence-electron chi connectivity index (χ2n) is 4.48. The van der Waals surface area contributed by atoms with Crippen molar-refractivity contribution in [2.24, 2.45) is 0 Å². The number of nitrogens with one attached hydrogen (secondary N) is 1. The molecular formula is C11H22N2O2.